The third-order valence-corrected chi connectivity index (χ3v) is 2.64. The lowest BCUT2D eigenvalue weighted by Crippen LogP contribution is -2.09. The number of hydrogen-bond acceptors (Lipinski definition) is 3. The molecular formula is C10H8BrF3N4. The fourth-order valence-corrected chi connectivity index (χ4v) is 1.60. The van der Waals surface area contributed by atoms with Crippen molar-refractivity contribution in [2.75, 3.05) is 0 Å². The minimum atomic E-state index is -4.55. The van der Waals surface area contributed by atoms with Crippen molar-refractivity contribution in [3.63, 3.8) is 0 Å². The molecule has 2 aromatic heterocycles. The number of alkyl halides is 3. The molecule has 2 aromatic rings. The Morgan fingerprint density at radius 2 is 2.06 bits per heavy atom. The van der Waals surface area contributed by atoms with Gasteiger partial charge in [-0.25, -0.2) is 9.97 Å². The predicted octanol–water partition coefficient (Wildman–Crippen LogP) is 3.01. The Morgan fingerprint density at radius 1 is 1.33 bits per heavy atom. The Labute approximate surface area is 109 Å². The molecule has 0 unspecified atom stereocenters. The van der Waals surface area contributed by atoms with Crippen LogP contribution in [0.15, 0.2) is 22.8 Å². The molecule has 0 spiro atoms. The summed E-state index contributed by atoms with van der Waals surface area (Å²) in [5, 5.41) is 3.45. The lowest BCUT2D eigenvalue weighted by atomic mass is 10.4. The van der Waals surface area contributed by atoms with Crippen LogP contribution in [0, 0.1) is 0 Å². The quantitative estimate of drug-likeness (QED) is 0.854. The highest BCUT2D eigenvalue weighted by molar-refractivity contribution is 9.10. The Bertz CT molecular complexity index is 547. The van der Waals surface area contributed by atoms with Gasteiger partial charge in [-0.2, -0.15) is 17.9 Å². The fraction of sp³-hybridized carbons (Fsp3) is 0.300. The van der Waals surface area contributed by atoms with E-state index in [2.05, 4.69) is 31.0 Å². The third kappa shape index (κ3) is 2.53. The molecule has 0 aliphatic rings. The Balaban J connectivity index is 2.50. The maximum absolute atomic E-state index is 12.5. The van der Waals surface area contributed by atoms with Crippen molar-refractivity contribution in [1.29, 1.82) is 0 Å². The first kappa shape index (κ1) is 13.0. The zero-order valence-electron chi connectivity index (χ0n) is 9.24. The minimum Gasteiger partial charge on any atom is -0.236 e. The molecule has 96 valence electrons. The van der Waals surface area contributed by atoms with Gasteiger partial charge in [0.2, 0.25) is 0 Å². The highest BCUT2D eigenvalue weighted by atomic mass is 79.9. The first-order chi connectivity index (χ1) is 8.41. The highest BCUT2D eigenvalue weighted by Crippen LogP contribution is 2.27. The lowest BCUT2D eigenvalue weighted by molar-refractivity contribution is -0.144. The fourth-order valence-electron chi connectivity index (χ4n) is 1.37. The SMILES string of the molecule is CCc1nc(C(F)(F)F)nn1-c1ccc(Br)cn1. The maximum Gasteiger partial charge on any atom is 0.453 e. The van der Waals surface area contributed by atoms with Crippen LogP contribution in [0.1, 0.15) is 18.6 Å². The minimum absolute atomic E-state index is 0.220. The van der Waals surface area contributed by atoms with Gasteiger partial charge in [0.15, 0.2) is 5.82 Å². The van der Waals surface area contributed by atoms with Gasteiger partial charge in [-0.05, 0) is 28.1 Å². The largest absolute Gasteiger partial charge is 0.453 e. The van der Waals surface area contributed by atoms with E-state index >= 15 is 0 Å². The number of aromatic nitrogens is 4. The van der Waals surface area contributed by atoms with Crippen molar-refractivity contribution < 1.29 is 13.2 Å². The summed E-state index contributed by atoms with van der Waals surface area (Å²) in [4.78, 5) is 7.47. The summed E-state index contributed by atoms with van der Waals surface area (Å²) in [5.74, 6) is -0.626. The van der Waals surface area contributed by atoms with Crippen molar-refractivity contribution in [1.82, 2.24) is 19.7 Å². The van der Waals surface area contributed by atoms with Gasteiger partial charge in [-0.15, -0.1) is 5.10 Å². The van der Waals surface area contributed by atoms with Gasteiger partial charge in [0.1, 0.15) is 5.82 Å². The average Bonchev–Trinajstić information content (AvgIpc) is 2.73. The highest BCUT2D eigenvalue weighted by Gasteiger charge is 2.37. The summed E-state index contributed by atoms with van der Waals surface area (Å²) in [7, 11) is 0. The molecule has 0 bridgehead atoms. The standard InChI is InChI=1S/C10H8BrF3N4/c1-2-7-16-9(10(12,13)14)17-18(7)8-4-3-6(11)5-15-8/h3-5H,2H2,1H3. The van der Waals surface area contributed by atoms with Gasteiger partial charge in [0.25, 0.3) is 5.82 Å². The lowest BCUT2D eigenvalue weighted by Gasteiger charge is -2.02. The van der Waals surface area contributed by atoms with E-state index in [4.69, 9.17) is 0 Å². The number of pyridine rings is 1. The van der Waals surface area contributed by atoms with Crippen LogP contribution < -0.4 is 0 Å². The van der Waals surface area contributed by atoms with E-state index in [1.165, 1.54) is 6.20 Å². The van der Waals surface area contributed by atoms with Gasteiger partial charge in [-0.3, -0.25) is 0 Å². The molecular weight excluding hydrogens is 313 g/mol. The molecule has 8 heteroatoms. The summed E-state index contributed by atoms with van der Waals surface area (Å²) in [5.41, 5.74) is 0. The van der Waals surface area contributed by atoms with Crippen molar-refractivity contribution in [2.45, 2.75) is 19.5 Å². The van der Waals surface area contributed by atoms with Crippen LogP contribution in [0.3, 0.4) is 0 Å². The molecule has 2 rings (SSSR count). The number of aryl methyl sites for hydroxylation is 1. The smallest absolute Gasteiger partial charge is 0.236 e. The second-order valence-corrected chi connectivity index (χ2v) is 4.37. The Hall–Kier alpha value is -1.44. The summed E-state index contributed by atoms with van der Waals surface area (Å²) in [6.45, 7) is 1.71. The molecule has 0 saturated heterocycles. The molecule has 0 aliphatic carbocycles. The van der Waals surface area contributed by atoms with E-state index in [0.29, 0.717) is 12.2 Å². The van der Waals surface area contributed by atoms with E-state index in [-0.39, 0.29) is 5.82 Å². The molecule has 0 fully saturated rings. The molecule has 0 atom stereocenters. The van der Waals surface area contributed by atoms with Gasteiger partial charge in [-0.1, -0.05) is 6.92 Å². The second kappa shape index (κ2) is 4.68. The van der Waals surface area contributed by atoms with E-state index in [9.17, 15) is 13.2 Å². The summed E-state index contributed by atoms with van der Waals surface area (Å²) in [6.07, 6.45) is -2.73. The van der Waals surface area contributed by atoms with Crippen molar-refractivity contribution in [3.8, 4) is 5.82 Å². The van der Waals surface area contributed by atoms with Crippen LogP contribution in [-0.2, 0) is 12.6 Å². The molecule has 2 heterocycles. The second-order valence-electron chi connectivity index (χ2n) is 3.45. The van der Waals surface area contributed by atoms with Crippen LogP contribution in [0.5, 0.6) is 0 Å². The van der Waals surface area contributed by atoms with E-state index < -0.39 is 12.0 Å². The molecule has 0 N–H and O–H groups in total. The zero-order chi connectivity index (χ0) is 13.3. The number of nitrogens with zero attached hydrogens (tertiary/aromatic N) is 4. The topological polar surface area (TPSA) is 43.6 Å². The molecule has 4 nitrogen and oxygen atoms in total. The van der Waals surface area contributed by atoms with Crippen LogP contribution >= 0.6 is 15.9 Å². The van der Waals surface area contributed by atoms with Gasteiger partial charge in [0.05, 0.1) is 0 Å². The van der Waals surface area contributed by atoms with Crippen LogP contribution in [0.25, 0.3) is 5.82 Å². The summed E-state index contributed by atoms with van der Waals surface area (Å²) >= 11 is 3.20. The van der Waals surface area contributed by atoms with Crippen molar-refractivity contribution in [2.24, 2.45) is 0 Å². The number of hydrogen-bond donors (Lipinski definition) is 0. The zero-order valence-corrected chi connectivity index (χ0v) is 10.8. The first-order valence-electron chi connectivity index (χ1n) is 5.07. The molecule has 0 aromatic carbocycles. The summed E-state index contributed by atoms with van der Waals surface area (Å²) < 4.78 is 39.4. The maximum atomic E-state index is 12.5. The molecule has 0 amide bonds. The Morgan fingerprint density at radius 3 is 2.56 bits per heavy atom. The first-order valence-corrected chi connectivity index (χ1v) is 5.86. The van der Waals surface area contributed by atoms with Crippen LogP contribution in [0.4, 0.5) is 13.2 Å². The van der Waals surface area contributed by atoms with E-state index in [1.807, 2.05) is 0 Å². The Kier molecular flexibility index (Phi) is 3.38. The van der Waals surface area contributed by atoms with Gasteiger partial charge in [0, 0.05) is 17.1 Å². The van der Waals surface area contributed by atoms with Gasteiger partial charge >= 0.3 is 6.18 Å². The molecule has 0 saturated carbocycles. The summed E-state index contributed by atoms with van der Waals surface area (Å²) in [6, 6.07) is 3.24. The number of halogens is 4. The monoisotopic (exact) mass is 320 g/mol. The van der Waals surface area contributed by atoms with Crippen LogP contribution in [-0.4, -0.2) is 19.7 Å². The predicted molar refractivity (Wildman–Crippen MR) is 61.2 cm³/mol. The molecule has 18 heavy (non-hydrogen) atoms. The van der Waals surface area contributed by atoms with E-state index in [1.54, 1.807) is 19.1 Å². The molecule has 0 aliphatic heterocycles. The molecule has 0 radical (unpaired) electrons. The van der Waals surface area contributed by atoms with Crippen molar-refractivity contribution in [3.05, 3.63) is 34.5 Å². The van der Waals surface area contributed by atoms with Crippen LogP contribution in [0.2, 0.25) is 0 Å². The third-order valence-electron chi connectivity index (χ3n) is 2.17. The van der Waals surface area contributed by atoms with Crippen molar-refractivity contribution >= 4 is 15.9 Å². The van der Waals surface area contributed by atoms with E-state index in [0.717, 1.165) is 9.15 Å². The normalized spacial score (nSPS) is 11.8. The van der Waals surface area contributed by atoms with Gasteiger partial charge < -0.3 is 0 Å². The number of rotatable bonds is 2. The average molecular weight is 321 g/mol.